The molecular formula is C25H17BrCl2N2O5S. The molecule has 0 aromatic heterocycles. The number of carbonyl (C=O) groups excluding carboxylic acids is 1. The Hall–Kier alpha value is -2.98. The fourth-order valence-corrected chi connectivity index (χ4v) is 4.93. The Bertz CT molecular complexity index is 1410. The van der Waals surface area contributed by atoms with E-state index in [0.29, 0.717) is 47.3 Å². The van der Waals surface area contributed by atoms with Crippen molar-refractivity contribution >= 4 is 79.7 Å². The molecule has 3 aromatic carbocycles. The summed E-state index contributed by atoms with van der Waals surface area (Å²) in [4.78, 5) is 28.4. The lowest BCUT2D eigenvalue weighted by molar-refractivity contribution is -0.115. The lowest BCUT2D eigenvalue weighted by Crippen LogP contribution is -2.19. The summed E-state index contributed by atoms with van der Waals surface area (Å²) < 4.78 is 12.1. The van der Waals surface area contributed by atoms with E-state index < -0.39 is 5.97 Å². The number of halogens is 3. The SMILES string of the molecule is COc1cc(/C=C2/SC(=Nc3cccc(Cl)c3Cl)NC2=O)cc(Br)c1OCc1ccc(C(=O)O)cc1. The van der Waals surface area contributed by atoms with Crippen molar-refractivity contribution in [3.63, 3.8) is 0 Å². The molecule has 0 saturated carbocycles. The molecule has 3 aromatic rings. The van der Waals surface area contributed by atoms with Crippen LogP contribution in [0.1, 0.15) is 21.5 Å². The molecule has 184 valence electrons. The summed E-state index contributed by atoms with van der Waals surface area (Å²) >= 11 is 16.9. The van der Waals surface area contributed by atoms with Crippen molar-refractivity contribution in [2.45, 2.75) is 6.61 Å². The van der Waals surface area contributed by atoms with Crippen molar-refractivity contribution in [1.82, 2.24) is 5.32 Å². The van der Waals surface area contributed by atoms with Crippen molar-refractivity contribution in [2.75, 3.05) is 7.11 Å². The number of aromatic carboxylic acids is 1. The van der Waals surface area contributed by atoms with Crippen molar-refractivity contribution in [3.05, 3.63) is 90.7 Å². The zero-order chi connectivity index (χ0) is 25.8. The van der Waals surface area contributed by atoms with Gasteiger partial charge in [0.25, 0.3) is 5.91 Å². The number of carboxylic acid groups (broad SMARTS) is 1. The maximum Gasteiger partial charge on any atom is 0.335 e. The Morgan fingerprint density at radius 2 is 1.94 bits per heavy atom. The van der Waals surface area contributed by atoms with Crippen LogP contribution < -0.4 is 14.8 Å². The Kier molecular flexibility index (Phi) is 8.25. The lowest BCUT2D eigenvalue weighted by atomic mass is 10.1. The van der Waals surface area contributed by atoms with Gasteiger partial charge in [-0.05, 0) is 81.3 Å². The van der Waals surface area contributed by atoms with Crippen molar-refractivity contribution < 1.29 is 24.2 Å². The van der Waals surface area contributed by atoms with Crippen LogP contribution in [0.4, 0.5) is 5.69 Å². The molecule has 0 spiro atoms. The summed E-state index contributed by atoms with van der Waals surface area (Å²) in [6.07, 6.45) is 1.71. The molecule has 1 aliphatic heterocycles. The minimum absolute atomic E-state index is 0.201. The lowest BCUT2D eigenvalue weighted by Gasteiger charge is -2.14. The Morgan fingerprint density at radius 3 is 2.64 bits per heavy atom. The topological polar surface area (TPSA) is 97.2 Å². The van der Waals surface area contributed by atoms with Gasteiger partial charge in [0, 0.05) is 0 Å². The number of amidine groups is 1. The summed E-state index contributed by atoms with van der Waals surface area (Å²) in [5.41, 5.74) is 2.16. The maximum absolute atomic E-state index is 12.5. The predicted molar refractivity (Wildman–Crippen MR) is 146 cm³/mol. The number of carbonyl (C=O) groups is 2. The summed E-state index contributed by atoms with van der Waals surface area (Å²) in [5, 5.41) is 12.8. The van der Waals surface area contributed by atoms with Crippen LogP contribution in [0.3, 0.4) is 0 Å². The zero-order valence-corrected chi connectivity index (χ0v) is 22.5. The number of methoxy groups -OCH3 is 1. The van der Waals surface area contributed by atoms with E-state index in [2.05, 4.69) is 26.2 Å². The van der Waals surface area contributed by atoms with Crippen LogP contribution in [0.25, 0.3) is 6.08 Å². The zero-order valence-electron chi connectivity index (χ0n) is 18.6. The van der Waals surface area contributed by atoms with E-state index in [-0.39, 0.29) is 18.1 Å². The number of rotatable bonds is 7. The van der Waals surface area contributed by atoms with Crippen LogP contribution in [-0.4, -0.2) is 29.3 Å². The first kappa shape index (κ1) is 26.1. The highest BCUT2D eigenvalue weighted by atomic mass is 79.9. The van der Waals surface area contributed by atoms with Gasteiger partial charge in [-0.1, -0.05) is 41.4 Å². The first-order valence-electron chi connectivity index (χ1n) is 10.3. The maximum atomic E-state index is 12.5. The number of nitrogens with one attached hydrogen (secondary N) is 1. The third-order valence-corrected chi connectivity index (χ3v) is 7.25. The summed E-state index contributed by atoms with van der Waals surface area (Å²) in [6, 6.07) is 15.1. The van der Waals surface area contributed by atoms with Crippen LogP contribution in [0, 0.1) is 0 Å². The van der Waals surface area contributed by atoms with Gasteiger partial charge in [0.1, 0.15) is 6.61 Å². The summed E-state index contributed by atoms with van der Waals surface area (Å²) in [7, 11) is 1.52. The predicted octanol–water partition coefficient (Wildman–Crippen LogP) is 6.93. The number of benzene rings is 3. The Morgan fingerprint density at radius 1 is 1.19 bits per heavy atom. The average Bonchev–Trinajstić information content (AvgIpc) is 3.19. The molecule has 4 rings (SSSR count). The quantitative estimate of drug-likeness (QED) is 0.283. The van der Waals surface area contributed by atoms with Crippen LogP contribution in [-0.2, 0) is 11.4 Å². The van der Waals surface area contributed by atoms with E-state index >= 15 is 0 Å². The second-order valence-corrected chi connectivity index (χ2v) is 10.0. The highest BCUT2D eigenvalue weighted by Crippen LogP contribution is 2.39. The molecule has 1 fully saturated rings. The third-order valence-electron chi connectivity index (χ3n) is 4.94. The highest BCUT2D eigenvalue weighted by molar-refractivity contribution is 9.10. The molecule has 1 saturated heterocycles. The monoisotopic (exact) mass is 606 g/mol. The number of hydrogen-bond donors (Lipinski definition) is 2. The van der Waals surface area contributed by atoms with Gasteiger partial charge in [-0.15, -0.1) is 0 Å². The molecule has 11 heteroatoms. The van der Waals surface area contributed by atoms with Gasteiger partial charge < -0.3 is 19.9 Å². The summed E-state index contributed by atoms with van der Waals surface area (Å²) in [5.74, 6) is -0.348. The molecular weight excluding hydrogens is 591 g/mol. The number of carboxylic acids is 1. The fraction of sp³-hybridized carbons (Fsp3) is 0.0800. The highest BCUT2D eigenvalue weighted by Gasteiger charge is 2.25. The van der Waals surface area contributed by atoms with Crippen LogP contribution >= 0.6 is 50.9 Å². The van der Waals surface area contributed by atoms with E-state index in [9.17, 15) is 9.59 Å². The van der Waals surface area contributed by atoms with E-state index in [0.717, 1.165) is 5.56 Å². The summed E-state index contributed by atoms with van der Waals surface area (Å²) in [6.45, 7) is 0.208. The van der Waals surface area contributed by atoms with Gasteiger partial charge in [0.15, 0.2) is 16.7 Å². The number of aliphatic imine (C=N–C) groups is 1. The molecule has 1 aliphatic rings. The Labute approximate surface area is 229 Å². The minimum atomic E-state index is -0.989. The molecule has 0 radical (unpaired) electrons. The largest absolute Gasteiger partial charge is 0.493 e. The van der Waals surface area contributed by atoms with E-state index in [1.54, 1.807) is 48.5 Å². The second-order valence-electron chi connectivity index (χ2n) is 7.38. The van der Waals surface area contributed by atoms with Crippen molar-refractivity contribution in [2.24, 2.45) is 4.99 Å². The second kappa shape index (κ2) is 11.4. The van der Waals surface area contributed by atoms with Crippen molar-refractivity contribution in [3.8, 4) is 11.5 Å². The molecule has 36 heavy (non-hydrogen) atoms. The van der Waals surface area contributed by atoms with Crippen LogP contribution in [0.15, 0.2) is 69.0 Å². The molecule has 0 atom stereocenters. The minimum Gasteiger partial charge on any atom is -0.493 e. The molecule has 0 aliphatic carbocycles. The molecule has 7 nitrogen and oxygen atoms in total. The number of amides is 1. The Balaban J connectivity index is 1.52. The first-order chi connectivity index (χ1) is 17.2. The van der Waals surface area contributed by atoms with E-state index in [4.69, 9.17) is 37.8 Å². The van der Waals surface area contributed by atoms with Crippen molar-refractivity contribution in [1.29, 1.82) is 0 Å². The van der Waals surface area contributed by atoms with Gasteiger partial charge >= 0.3 is 5.97 Å². The number of thioether (sulfide) groups is 1. The van der Waals surface area contributed by atoms with Gasteiger partial charge in [-0.2, -0.15) is 0 Å². The molecule has 0 bridgehead atoms. The van der Waals surface area contributed by atoms with Gasteiger partial charge in [-0.25, -0.2) is 9.79 Å². The molecule has 1 heterocycles. The number of nitrogens with zero attached hydrogens (tertiary/aromatic N) is 1. The molecule has 1 amide bonds. The van der Waals surface area contributed by atoms with Crippen LogP contribution in [0.2, 0.25) is 10.0 Å². The van der Waals surface area contributed by atoms with Gasteiger partial charge in [-0.3, -0.25) is 4.79 Å². The fourth-order valence-electron chi connectivity index (χ4n) is 3.18. The smallest absolute Gasteiger partial charge is 0.335 e. The van der Waals surface area contributed by atoms with Gasteiger partial charge in [0.05, 0.1) is 37.8 Å². The number of hydrogen-bond acceptors (Lipinski definition) is 6. The number of ether oxygens (including phenoxy) is 2. The standard InChI is InChI=1S/C25H17BrCl2N2O5S/c1-34-19-10-14(9-16(26)22(19)35-12-13-5-7-15(8-6-13)24(32)33)11-20-23(31)30-25(36-20)29-18-4-2-3-17(27)21(18)28/h2-11H,12H2,1H3,(H,32,33)(H,29,30,31)/b20-11+. The van der Waals surface area contributed by atoms with Crippen LogP contribution in [0.5, 0.6) is 11.5 Å². The van der Waals surface area contributed by atoms with E-state index in [1.165, 1.54) is 31.0 Å². The normalized spacial score (nSPS) is 15.3. The molecule has 0 unspecified atom stereocenters. The van der Waals surface area contributed by atoms with Gasteiger partial charge in [0.2, 0.25) is 0 Å². The van der Waals surface area contributed by atoms with E-state index in [1.807, 2.05) is 0 Å². The average molecular weight is 608 g/mol. The molecule has 2 N–H and O–H groups in total. The third kappa shape index (κ3) is 6.04. The first-order valence-corrected chi connectivity index (χ1v) is 12.7.